The third-order valence-electron chi connectivity index (χ3n) is 5.41. The first-order chi connectivity index (χ1) is 14.4. The number of sulfonamides is 1. The SMILES string of the molecule is Cc1ccccc1CNC(=O)C1CCCN1S(=O)(=O)c1ccc2c(c1)NC(=O)CO2. The molecule has 0 spiro atoms. The van der Waals surface area contributed by atoms with Crippen molar-refractivity contribution in [3.63, 3.8) is 0 Å². The highest BCUT2D eigenvalue weighted by atomic mass is 32.2. The largest absolute Gasteiger partial charge is 0.482 e. The van der Waals surface area contributed by atoms with E-state index < -0.39 is 16.1 Å². The van der Waals surface area contributed by atoms with Gasteiger partial charge in [0.15, 0.2) is 6.61 Å². The zero-order valence-corrected chi connectivity index (χ0v) is 17.4. The molecule has 0 radical (unpaired) electrons. The Morgan fingerprint density at radius 2 is 2.07 bits per heavy atom. The average Bonchev–Trinajstić information content (AvgIpc) is 3.23. The van der Waals surface area contributed by atoms with E-state index in [0.29, 0.717) is 30.8 Å². The van der Waals surface area contributed by atoms with Crippen molar-refractivity contribution in [2.45, 2.75) is 37.2 Å². The standard InChI is InChI=1S/C21H23N3O5S/c1-14-5-2-3-6-15(14)12-22-21(26)18-7-4-10-24(18)30(27,28)16-8-9-19-17(11-16)23-20(25)13-29-19/h2-3,5-6,8-9,11,18H,4,7,10,12-13H2,1H3,(H,22,26)(H,23,25). The fourth-order valence-electron chi connectivity index (χ4n) is 3.76. The Balaban J connectivity index is 1.52. The maximum atomic E-state index is 13.2. The Bertz CT molecular complexity index is 1100. The molecule has 1 atom stereocenters. The molecular weight excluding hydrogens is 406 g/mol. The first-order valence-electron chi connectivity index (χ1n) is 9.77. The summed E-state index contributed by atoms with van der Waals surface area (Å²) in [5, 5.41) is 5.48. The molecule has 0 aromatic heterocycles. The predicted octanol–water partition coefficient (Wildman–Crippen LogP) is 1.80. The topological polar surface area (TPSA) is 105 Å². The van der Waals surface area contributed by atoms with Gasteiger partial charge in [-0.3, -0.25) is 9.59 Å². The van der Waals surface area contributed by atoms with Gasteiger partial charge in [-0.15, -0.1) is 0 Å². The molecule has 2 aromatic carbocycles. The van der Waals surface area contributed by atoms with Crippen molar-refractivity contribution in [1.82, 2.24) is 9.62 Å². The van der Waals surface area contributed by atoms with Gasteiger partial charge in [-0.25, -0.2) is 8.42 Å². The lowest BCUT2D eigenvalue weighted by Gasteiger charge is -2.25. The predicted molar refractivity (Wildman–Crippen MR) is 111 cm³/mol. The summed E-state index contributed by atoms with van der Waals surface area (Å²) in [6.45, 7) is 2.48. The fourth-order valence-corrected chi connectivity index (χ4v) is 5.44. The summed E-state index contributed by atoms with van der Waals surface area (Å²) in [5.41, 5.74) is 2.36. The molecule has 2 aromatic rings. The number of anilines is 1. The van der Waals surface area contributed by atoms with Crippen molar-refractivity contribution in [2.24, 2.45) is 0 Å². The van der Waals surface area contributed by atoms with E-state index in [-0.39, 0.29) is 29.9 Å². The second kappa shape index (κ2) is 8.08. The molecule has 1 unspecified atom stereocenters. The van der Waals surface area contributed by atoms with Crippen molar-refractivity contribution in [3.05, 3.63) is 53.6 Å². The molecule has 2 aliphatic rings. The molecule has 8 nitrogen and oxygen atoms in total. The molecule has 0 saturated carbocycles. The highest BCUT2D eigenvalue weighted by Crippen LogP contribution is 2.33. The summed E-state index contributed by atoms with van der Waals surface area (Å²) >= 11 is 0. The molecule has 2 aliphatic heterocycles. The number of benzene rings is 2. The lowest BCUT2D eigenvalue weighted by atomic mass is 10.1. The highest BCUT2D eigenvalue weighted by molar-refractivity contribution is 7.89. The van der Waals surface area contributed by atoms with Gasteiger partial charge in [0.25, 0.3) is 5.91 Å². The number of hydrogen-bond acceptors (Lipinski definition) is 5. The van der Waals surface area contributed by atoms with Crippen LogP contribution in [0.5, 0.6) is 5.75 Å². The van der Waals surface area contributed by atoms with Gasteiger partial charge in [0.1, 0.15) is 11.8 Å². The summed E-state index contributed by atoms with van der Waals surface area (Å²) in [7, 11) is -3.91. The van der Waals surface area contributed by atoms with E-state index in [9.17, 15) is 18.0 Å². The molecule has 2 heterocycles. The molecule has 30 heavy (non-hydrogen) atoms. The fraction of sp³-hybridized carbons (Fsp3) is 0.333. The van der Waals surface area contributed by atoms with Crippen LogP contribution in [0.1, 0.15) is 24.0 Å². The van der Waals surface area contributed by atoms with Gasteiger partial charge in [0, 0.05) is 13.1 Å². The lowest BCUT2D eigenvalue weighted by Crippen LogP contribution is -2.45. The van der Waals surface area contributed by atoms with Gasteiger partial charge >= 0.3 is 0 Å². The second-order valence-corrected chi connectivity index (χ2v) is 9.30. The number of aryl methyl sites for hydroxylation is 1. The minimum Gasteiger partial charge on any atom is -0.482 e. The van der Waals surface area contributed by atoms with E-state index >= 15 is 0 Å². The van der Waals surface area contributed by atoms with E-state index in [1.807, 2.05) is 31.2 Å². The van der Waals surface area contributed by atoms with E-state index in [0.717, 1.165) is 11.1 Å². The number of rotatable bonds is 5. The highest BCUT2D eigenvalue weighted by Gasteiger charge is 2.39. The quantitative estimate of drug-likeness (QED) is 0.754. The third-order valence-corrected chi connectivity index (χ3v) is 7.32. The Morgan fingerprint density at radius 1 is 1.27 bits per heavy atom. The van der Waals surface area contributed by atoms with Crippen LogP contribution in [0.3, 0.4) is 0 Å². The van der Waals surface area contributed by atoms with Crippen LogP contribution < -0.4 is 15.4 Å². The van der Waals surface area contributed by atoms with Crippen LogP contribution in [-0.4, -0.2) is 43.7 Å². The number of carbonyl (C=O) groups excluding carboxylic acids is 2. The Kier molecular flexibility index (Phi) is 5.48. The average molecular weight is 429 g/mol. The van der Waals surface area contributed by atoms with Crippen LogP contribution in [-0.2, 0) is 26.2 Å². The number of amides is 2. The molecule has 2 N–H and O–H groups in total. The smallest absolute Gasteiger partial charge is 0.262 e. The number of nitrogens with one attached hydrogen (secondary N) is 2. The van der Waals surface area contributed by atoms with Crippen molar-refractivity contribution in [1.29, 1.82) is 0 Å². The van der Waals surface area contributed by atoms with Crippen LogP contribution >= 0.6 is 0 Å². The van der Waals surface area contributed by atoms with Crippen LogP contribution in [0.15, 0.2) is 47.4 Å². The zero-order valence-electron chi connectivity index (χ0n) is 16.6. The summed E-state index contributed by atoms with van der Waals surface area (Å²) in [5.74, 6) is -0.233. The number of carbonyl (C=O) groups is 2. The van der Waals surface area contributed by atoms with Gasteiger partial charge in [-0.2, -0.15) is 4.31 Å². The molecule has 2 amide bonds. The second-order valence-electron chi connectivity index (χ2n) is 7.41. The molecule has 4 rings (SSSR count). The number of hydrogen-bond donors (Lipinski definition) is 2. The Labute approximate surface area is 175 Å². The number of fused-ring (bicyclic) bond motifs is 1. The maximum Gasteiger partial charge on any atom is 0.262 e. The van der Waals surface area contributed by atoms with Crippen molar-refractivity contribution in [2.75, 3.05) is 18.5 Å². The van der Waals surface area contributed by atoms with Crippen LogP contribution in [0.2, 0.25) is 0 Å². The third kappa shape index (κ3) is 3.90. The molecule has 0 aliphatic carbocycles. The van der Waals surface area contributed by atoms with E-state index in [1.165, 1.54) is 22.5 Å². The molecule has 0 bridgehead atoms. The number of nitrogens with zero attached hydrogens (tertiary/aromatic N) is 1. The van der Waals surface area contributed by atoms with Crippen molar-refractivity contribution < 1.29 is 22.7 Å². The Hall–Kier alpha value is -2.91. The first-order valence-corrected chi connectivity index (χ1v) is 11.2. The Morgan fingerprint density at radius 3 is 2.87 bits per heavy atom. The van der Waals surface area contributed by atoms with Crippen LogP contribution in [0, 0.1) is 6.92 Å². The van der Waals surface area contributed by atoms with Crippen LogP contribution in [0.4, 0.5) is 5.69 Å². The lowest BCUT2D eigenvalue weighted by molar-refractivity contribution is -0.124. The first kappa shape index (κ1) is 20.4. The van der Waals surface area contributed by atoms with Gasteiger partial charge in [0.05, 0.1) is 10.6 Å². The van der Waals surface area contributed by atoms with E-state index in [4.69, 9.17) is 4.74 Å². The minimum atomic E-state index is -3.91. The summed E-state index contributed by atoms with van der Waals surface area (Å²) in [6.07, 6.45) is 1.07. The van der Waals surface area contributed by atoms with Gasteiger partial charge in [0.2, 0.25) is 15.9 Å². The minimum absolute atomic E-state index is 0.0191. The van der Waals surface area contributed by atoms with Gasteiger partial charge in [-0.05, 0) is 49.1 Å². The van der Waals surface area contributed by atoms with E-state index in [1.54, 1.807) is 0 Å². The van der Waals surface area contributed by atoms with Gasteiger partial charge in [-0.1, -0.05) is 24.3 Å². The molecule has 158 valence electrons. The van der Waals surface area contributed by atoms with E-state index in [2.05, 4.69) is 10.6 Å². The molecule has 1 fully saturated rings. The van der Waals surface area contributed by atoms with Crippen molar-refractivity contribution >= 4 is 27.5 Å². The zero-order chi connectivity index (χ0) is 21.3. The normalized spacial score (nSPS) is 19.0. The van der Waals surface area contributed by atoms with Crippen molar-refractivity contribution in [3.8, 4) is 5.75 Å². The molecular formula is C21H23N3O5S. The summed E-state index contributed by atoms with van der Waals surface area (Å²) in [4.78, 5) is 24.4. The van der Waals surface area contributed by atoms with Gasteiger partial charge < -0.3 is 15.4 Å². The molecule has 1 saturated heterocycles. The maximum absolute atomic E-state index is 13.2. The van der Waals surface area contributed by atoms with Crippen LogP contribution in [0.25, 0.3) is 0 Å². The monoisotopic (exact) mass is 429 g/mol. The number of ether oxygens (including phenoxy) is 1. The summed E-state index contributed by atoms with van der Waals surface area (Å²) in [6, 6.07) is 11.3. The molecule has 9 heteroatoms. The summed E-state index contributed by atoms with van der Waals surface area (Å²) < 4.78 is 33.0.